The van der Waals surface area contributed by atoms with E-state index in [1.807, 2.05) is 6.07 Å². The molecule has 0 radical (unpaired) electrons. The Labute approximate surface area is 168 Å². The lowest BCUT2D eigenvalue weighted by molar-refractivity contribution is 0.0564. The molecule has 4 rings (SSSR count). The van der Waals surface area contributed by atoms with Gasteiger partial charge in [0.2, 0.25) is 0 Å². The Kier molecular flexibility index (Phi) is 6.54. The van der Waals surface area contributed by atoms with Crippen LogP contribution in [-0.4, -0.2) is 62.4 Å². The monoisotopic (exact) mass is 410 g/mol. The van der Waals surface area contributed by atoms with E-state index in [2.05, 4.69) is 27.8 Å². The number of benzene rings is 1. The number of rotatable bonds is 3. The van der Waals surface area contributed by atoms with Crippen LogP contribution in [0.15, 0.2) is 18.2 Å². The SMILES string of the molecule is COc1ccc(C2=CCNCC2)c2sc(NC(=O)N3CCOCC3)nc12.Cl. The summed E-state index contributed by atoms with van der Waals surface area (Å²) in [4.78, 5) is 18.8. The number of hydrogen-bond donors (Lipinski definition) is 2. The summed E-state index contributed by atoms with van der Waals surface area (Å²) in [6.07, 6.45) is 3.20. The molecule has 2 N–H and O–H groups in total. The Morgan fingerprint density at radius 2 is 2.19 bits per heavy atom. The number of urea groups is 1. The number of methoxy groups -OCH3 is 1. The van der Waals surface area contributed by atoms with Gasteiger partial charge in [-0.25, -0.2) is 9.78 Å². The number of ether oxygens (including phenoxy) is 2. The molecule has 2 aliphatic rings. The topological polar surface area (TPSA) is 75.7 Å². The van der Waals surface area contributed by atoms with Gasteiger partial charge in [-0.15, -0.1) is 12.4 Å². The number of fused-ring (bicyclic) bond motifs is 1. The van der Waals surface area contributed by atoms with Crippen LogP contribution in [0, 0.1) is 0 Å². The van der Waals surface area contributed by atoms with Crippen LogP contribution in [0.1, 0.15) is 12.0 Å². The quantitative estimate of drug-likeness (QED) is 0.813. The number of nitrogens with one attached hydrogen (secondary N) is 2. The molecule has 2 aromatic rings. The Morgan fingerprint density at radius 3 is 2.89 bits per heavy atom. The molecule has 1 aromatic heterocycles. The zero-order valence-corrected chi connectivity index (χ0v) is 16.8. The predicted octanol–water partition coefficient (Wildman–Crippen LogP) is 2.97. The molecule has 7 nitrogen and oxygen atoms in total. The lowest BCUT2D eigenvalue weighted by Gasteiger charge is -2.26. The van der Waals surface area contributed by atoms with Crippen molar-refractivity contribution in [3.05, 3.63) is 23.8 Å². The molecule has 1 saturated heterocycles. The highest BCUT2D eigenvalue weighted by molar-refractivity contribution is 7.22. The van der Waals surface area contributed by atoms with E-state index < -0.39 is 0 Å². The Hall–Kier alpha value is -1.87. The van der Waals surface area contributed by atoms with Gasteiger partial charge in [-0.2, -0.15) is 0 Å². The molecular weight excluding hydrogens is 388 g/mol. The molecule has 27 heavy (non-hydrogen) atoms. The van der Waals surface area contributed by atoms with Gasteiger partial charge in [-0.3, -0.25) is 5.32 Å². The number of carbonyl (C=O) groups excluding carboxylic acids is 1. The number of amides is 2. The standard InChI is InChI=1S/C18H22N4O3S.ClH/c1-24-14-3-2-13(12-4-6-19-7-5-12)16-15(14)20-17(26-16)21-18(23)22-8-10-25-11-9-22;/h2-4,19H,5-11H2,1H3,(H,20,21,23);1H. The van der Waals surface area contributed by atoms with E-state index in [9.17, 15) is 4.79 Å². The van der Waals surface area contributed by atoms with Gasteiger partial charge in [0.05, 0.1) is 25.0 Å². The smallest absolute Gasteiger partial charge is 0.323 e. The van der Waals surface area contributed by atoms with Gasteiger partial charge in [-0.05, 0) is 36.2 Å². The fourth-order valence-electron chi connectivity index (χ4n) is 3.26. The fourth-order valence-corrected chi connectivity index (χ4v) is 4.28. The predicted molar refractivity (Wildman–Crippen MR) is 110 cm³/mol. The van der Waals surface area contributed by atoms with Gasteiger partial charge in [0.1, 0.15) is 11.3 Å². The van der Waals surface area contributed by atoms with E-state index in [1.165, 1.54) is 22.5 Å². The van der Waals surface area contributed by atoms with Crippen molar-refractivity contribution < 1.29 is 14.3 Å². The molecule has 146 valence electrons. The molecule has 1 aromatic carbocycles. The highest BCUT2D eigenvalue weighted by Crippen LogP contribution is 2.38. The molecule has 0 bridgehead atoms. The number of nitrogens with zero attached hydrogens (tertiary/aromatic N) is 2. The number of halogens is 1. The Morgan fingerprint density at radius 1 is 1.37 bits per heavy atom. The molecule has 0 atom stereocenters. The van der Waals surface area contributed by atoms with Crippen LogP contribution in [0.4, 0.5) is 9.93 Å². The van der Waals surface area contributed by atoms with Crippen molar-refractivity contribution in [1.82, 2.24) is 15.2 Å². The highest BCUT2D eigenvalue weighted by atomic mass is 35.5. The van der Waals surface area contributed by atoms with E-state index in [0.29, 0.717) is 31.4 Å². The maximum atomic E-state index is 12.5. The molecule has 2 aliphatic heterocycles. The summed E-state index contributed by atoms with van der Waals surface area (Å²) >= 11 is 1.50. The number of aromatic nitrogens is 1. The van der Waals surface area contributed by atoms with Crippen LogP contribution in [0.25, 0.3) is 15.8 Å². The third kappa shape index (κ3) is 4.19. The molecule has 9 heteroatoms. The van der Waals surface area contributed by atoms with Crippen LogP contribution in [-0.2, 0) is 4.74 Å². The minimum absolute atomic E-state index is 0. The van der Waals surface area contributed by atoms with Gasteiger partial charge < -0.3 is 19.7 Å². The lowest BCUT2D eigenvalue weighted by Crippen LogP contribution is -2.43. The van der Waals surface area contributed by atoms with Crippen molar-refractivity contribution in [1.29, 1.82) is 0 Å². The Balaban J connectivity index is 0.00000210. The summed E-state index contributed by atoms with van der Waals surface area (Å²) in [5, 5.41) is 6.86. The van der Waals surface area contributed by atoms with Gasteiger partial charge in [-0.1, -0.05) is 17.4 Å². The van der Waals surface area contributed by atoms with Crippen molar-refractivity contribution >= 4 is 50.7 Å². The second-order valence-corrected chi connectivity index (χ2v) is 7.22. The van der Waals surface area contributed by atoms with Gasteiger partial charge in [0.25, 0.3) is 0 Å². The van der Waals surface area contributed by atoms with Gasteiger partial charge in [0, 0.05) is 19.6 Å². The summed E-state index contributed by atoms with van der Waals surface area (Å²) in [5.74, 6) is 0.724. The second kappa shape index (κ2) is 8.88. The second-order valence-electron chi connectivity index (χ2n) is 6.23. The Bertz CT molecular complexity index is 848. The minimum Gasteiger partial charge on any atom is -0.494 e. The van der Waals surface area contributed by atoms with E-state index in [-0.39, 0.29) is 18.4 Å². The molecule has 2 amide bonds. The van der Waals surface area contributed by atoms with Crippen molar-refractivity contribution in [3.63, 3.8) is 0 Å². The van der Waals surface area contributed by atoms with Crippen molar-refractivity contribution in [2.45, 2.75) is 6.42 Å². The van der Waals surface area contributed by atoms with E-state index in [1.54, 1.807) is 12.0 Å². The van der Waals surface area contributed by atoms with Gasteiger partial charge >= 0.3 is 6.03 Å². The number of hydrogen-bond acceptors (Lipinski definition) is 6. The molecule has 0 unspecified atom stereocenters. The van der Waals surface area contributed by atoms with Crippen molar-refractivity contribution in [2.75, 3.05) is 51.8 Å². The maximum Gasteiger partial charge on any atom is 0.323 e. The van der Waals surface area contributed by atoms with E-state index >= 15 is 0 Å². The first-order valence-corrected chi connectivity index (χ1v) is 9.59. The number of anilines is 1. The number of morpholine rings is 1. The summed E-state index contributed by atoms with van der Waals surface area (Å²) in [5.41, 5.74) is 3.28. The third-order valence-electron chi connectivity index (χ3n) is 4.65. The lowest BCUT2D eigenvalue weighted by atomic mass is 10.00. The first-order valence-electron chi connectivity index (χ1n) is 8.77. The van der Waals surface area contributed by atoms with Crippen LogP contribution in [0.3, 0.4) is 0 Å². The van der Waals surface area contributed by atoms with E-state index in [0.717, 1.165) is 35.5 Å². The highest BCUT2D eigenvalue weighted by Gasteiger charge is 2.20. The van der Waals surface area contributed by atoms with Crippen molar-refractivity contribution in [3.8, 4) is 5.75 Å². The first-order chi connectivity index (χ1) is 12.8. The van der Waals surface area contributed by atoms with Crippen LogP contribution in [0.2, 0.25) is 0 Å². The molecular formula is C18H23ClN4O3S. The summed E-state index contributed by atoms with van der Waals surface area (Å²) in [6, 6.07) is 3.91. The largest absolute Gasteiger partial charge is 0.494 e. The number of thiazole rings is 1. The summed E-state index contributed by atoms with van der Waals surface area (Å²) < 4.78 is 11.8. The first kappa shape index (κ1) is 19.9. The zero-order valence-electron chi connectivity index (χ0n) is 15.1. The number of carbonyl (C=O) groups is 1. The minimum atomic E-state index is -0.131. The average Bonchev–Trinajstić information content (AvgIpc) is 3.12. The zero-order chi connectivity index (χ0) is 17.9. The molecule has 3 heterocycles. The third-order valence-corrected chi connectivity index (χ3v) is 5.65. The van der Waals surface area contributed by atoms with Crippen LogP contribution >= 0.6 is 23.7 Å². The van der Waals surface area contributed by atoms with E-state index in [4.69, 9.17) is 9.47 Å². The van der Waals surface area contributed by atoms with Crippen LogP contribution in [0.5, 0.6) is 5.75 Å². The van der Waals surface area contributed by atoms with Crippen molar-refractivity contribution in [2.24, 2.45) is 0 Å². The molecule has 0 saturated carbocycles. The molecule has 1 fully saturated rings. The molecule has 0 aliphatic carbocycles. The average molecular weight is 411 g/mol. The fraction of sp³-hybridized carbons (Fsp3) is 0.444. The summed E-state index contributed by atoms with van der Waals surface area (Å²) in [6.45, 7) is 4.21. The van der Waals surface area contributed by atoms with Gasteiger partial charge in [0.15, 0.2) is 5.13 Å². The maximum absolute atomic E-state index is 12.5. The normalized spacial score (nSPS) is 17.2. The molecule has 0 spiro atoms. The van der Waals surface area contributed by atoms with Crippen LogP contribution < -0.4 is 15.4 Å². The summed E-state index contributed by atoms with van der Waals surface area (Å²) in [7, 11) is 1.64.